The van der Waals surface area contributed by atoms with Crippen molar-refractivity contribution in [2.45, 2.75) is 0 Å². The van der Waals surface area contributed by atoms with Gasteiger partial charge in [-0.05, 0) is 17.5 Å². The van der Waals surface area contributed by atoms with Crippen LogP contribution < -0.4 is 0 Å². The van der Waals surface area contributed by atoms with Crippen LogP contribution in [0.1, 0.15) is 20.7 Å². The van der Waals surface area contributed by atoms with Gasteiger partial charge in [-0.15, -0.1) is 5.12 Å². The van der Waals surface area contributed by atoms with Crippen molar-refractivity contribution < 1.29 is 14.1 Å². The monoisotopic (exact) mass is 215 g/mol. The van der Waals surface area contributed by atoms with Crippen LogP contribution in [0.3, 0.4) is 0 Å². The summed E-state index contributed by atoms with van der Waals surface area (Å²) < 4.78 is 13.3. The number of hydrogen-bond donors (Lipinski definition) is 0. The van der Waals surface area contributed by atoms with Crippen LogP contribution in [0.5, 0.6) is 0 Å². The summed E-state index contributed by atoms with van der Waals surface area (Å²) >= 11 is 0. The Labute approximate surface area is 90.0 Å². The third-order valence-corrected chi connectivity index (χ3v) is 2.72. The SMILES string of the molecule is O=C1c2cccc3cccc(c23)C(=O)N1F. The number of imide groups is 1. The maximum atomic E-state index is 13.3. The van der Waals surface area contributed by atoms with E-state index >= 15 is 0 Å². The van der Waals surface area contributed by atoms with E-state index in [1.807, 2.05) is 0 Å². The molecular weight excluding hydrogens is 209 g/mol. The molecule has 0 radical (unpaired) electrons. The van der Waals surface area contributed by atoms with Crippen LogP contribution >= 0.6 is 0 Å². The molecule has 78 valence electrons. The van der Waals surface area contributed by atoms with Gasteiger partial charge in [-0.2, -0.15) is 0 Å². The van der Waals surface area contributed by atoms with Crippen LogP contribution in [0.4, 0.5) is 4.48 Å². The van der Waals surface area contributed by atoms with Crippen LogP contribution in [0.2, 0.25) is 0 Å². The summed E-state index contributed by atoms with van der Waals surface area (Å²) in [5.41, 5.74) is 0.463. The number of benzene rings is 2. The zero-order valence-corrected chi connectivity index (χ0v) is 8.11. The molecule has 3 nitrogen and oxygen atoms in total. The molecule has 1 aliphatic heterocycles. The van der Waals surface area contributed by atoms with Gasteiger partial charge in [-0.1, -0.05) is 28.7 Å². The van der Waals surface area contributed by atoms with Crippen molar-refractivity contribution >= 4 is 22.6 Å². The largest absolute Gasteiger partial charge is 0.290 e. The molecule has 0 spiro atoms. The lowest BCUT2D eigenvalue weighted by molar-refractivity contribution is 0.0177. The Morgan fingerprint density at radius 1 is 0.875 bits per heavy atom. The maximum absolute atomic E-state index is 13.3. The summed E-state index contributed by atoms with van der Waals surface area (Å²) in [5, 5.41) is 0.968. The Morgan fingerprint density at radius 2 is 1.38 bits per heavy atom. The highest BCUT2D eigenvalue weighted by Gasteiger charge is 2.32. The van der Waals surface area contributed by atoms with E-state index in [1.165, 1.54) is 12.1 Å². The zero-order valence-electron chi connectivity index (χ0n) is 8.11. The van der Waals surface area contributed by atoms with E-state index in [2.05, 4.69) is 0 Å². The van der Waals surface area contributed by atoms with Gasteiger partial charge in [0.2, 0.25) is 0 Å². The Kier molecular flexibility index (Phi) is 1.63. The van der Waals surface area contributed by atoms with Gasteiger partial charge < -0.3 is 0 Å². The van der Waals surface area contributed by atoms with Gasteiger partial charge in [0, 0.05) is 5.39 Å². The normalized spacial score (nSPS) is 14.7. The molecule has 0 saturated carbocycles. The molecule has 0 unspecified atom stereocenters. The lowest BCUT2D eigenvalue weighted by atomic mass is 9.95. The number of carbonyl (C=O) groups is 2. The number of nitrogens with zero attached hydrogens (tertiary/aromatic N) is 1. The average Bonchev–Trinajstić information content (AvgIpc) is 2.33. The molecular formula is C12H6FNO2. The van der Waals surface area contributed by atoms with E-state index in [0.29, 0.717) is 5.39 Å². The van der Waals surface area contributed by atoms with Gasteiger partial charge in [0.25, 0.3) is 11.8 Å². The van der Waals surface area contributed by atoms with E-state index in [1.54, 1.807) is 24.3 Å². The molecule has 0 bridgehead atoms. The van der Waals surface area contributed by atoms with Crippen LogP contribution in [0.25, 0.3) is 10.8 Å². The number of carbonyl (C=O) groups excluding carboxylic acids is 2. The number of halogens is 1. The van der Waals surface area contributed by atoms with E-state index in [4.69, 9.17) is 0 Å². The molecule has 2 aromatic carbocycles. The predicted octanol–water partition coefficient (Wildman–Crippen LogP) is 2.32. The highest BCUT2D eigenvalue weighted by molar-refractivity contribution is 6.24. The van der Waals surface area contributed by atoms with Gasteiger partial charge in [-0.3, -0.25) is 9.59 Å². The van der Waals surface area contributed by atoms with Crippen LogP contribution in [0.15, 0.2) is 36.4 Å². The first kappa shape index (κ1) is 9.03. The van der Waals surface area contributed by atoms with Crippen molar-refractivity contribution in [3.8, 4) is 0 Å². The molecule has 2 aromatic rings. The number of hydrogen-bond acceptors (Lipinski definition) is 2. The highest BCUT2D eigenvalue weighted by Crippen LogP contribution is 2.29. The number of rotatable bonds is 0. The highest BCUT2D eigenvalue weighted by atomic mass is 19.2. The first-order valence-corrected chi connectivity index (χ1v) is 4.76. The minimum atomic E-state index is -0.894. The van der Waals surface area contributed by atoms with Gasteiger partial charge in [0.15, 0.2) is 0 Å². The summed E-state index contributed by atoms with van der Waals surface area (Å²) in [6.45, 7) is 0. The Hall–Kier alpha value is -2.23. The first-order valence-electron chi connectivity index (χ1n) is 4.76. The molecule has 4 heteroatoms. The second kappa shape index (κ2) is 2.88. The van der Waals surface area contributed by atoms with E-state index in [0.717, 1.165) is 5.39 Å². The maximum Gasteiger partial charge on any atom is 0.290 e. The average molecular weight is 215 g/mol. The second-order valence-corrected chi connectivity index (χ2v) is 3.60. The summed E-state index contributed by atoms with van der Waals surface area (Å²) in [4.78, 5) is 23.1. The molecule has 1 aliphatic rings. The van der Waals surface area contributed by atoms with E-state index in [-0.39, 0.29) is 16.2 Å². The van der Waals surface area contributed by atoms with E-state index in [9.17, 15) is 14.1 Å². The van der Waals surface area contributed by atoms with Gasteiger partial charge in [0.05, 0.1) is 11.1 Å². The number of amides is 2. The Morgan fingerprint density at radius 3 is 1.88 bits per heavy atom. The predicted molar refractivity (Wildman–Crippen MR) is 55.6 cm³/mol. The van der Waals surface area contributed by atoms with Crippen molar-refractivity contribution in [2.75, 3.05) is 0 Å². The van der Waals surface area contributed by atoms with Crippen LogP contribution in [0, 0.1) is 0 Å². The molecule has 0 saturated heterocycles. The fourth-order valence-electron chi connectivity index (χ4n) is 2.00. The molecule has 1 heterocycles. The molecule has 2 amide bonds. The summed E-state index contributed by atoms with van der Waals surface area (Å²) in [6, 6.07) is 9.96. The Bertz CT molecular complexity index is 585. The van der Waals surface area contributed by atoms with Crippen LogP contribution in [-0.4, -0.2) is 16.9 Å². The Balaban J connectivity index is 2.52. The fraction of sp³-hybridized carbons (Fsp3) is 0. The third kappa shape index (κ3) is 0.957. The molecule has 0 fully saturated rings. The fourth-order valence-corrected chi connectivity index (χ4v) is 2.00. The summed E-state index contributed by atoms with van der Waals surface area (Å²) in [6.07, 6.45) is 0. The molecule has 16 heavy (non-hydrogen) atoms. The van der Waals surface area contributed by atoms with Crippen molar-refractivity contribution in [3.05, 3.63) is 47.5 Å². The second-order valence-electron chi connectivity index (χ2n) is 3.60. The molecule has 0 aliphatic carbocycles. The topological polar surface area (TPSA) is 37.4 Å². The quantitative estimate of drug-likeness (QED) is 0.499. The smallest absolute Gasteiger partial charge is 0.266 e. The zero-order chi connectivity index (χ0) is 11.3. The lowest BCUT2D eigenvalue weighted by Gasteiger charge is -2.19. The van der Waals surface area contributed by atoms with Gasteiger partial charge in [0.1, 0.15) is 0 Å². The summed E-state index contributed by atoms with van der Waals surface area (Å²) in [7, 11) is 0. The minimum Gasteiger partial charge on any atom is -0.266 e. The summed E-state index contributed by atoms with van der Waals surface area (Å²) in [5.74, 6) is -1.79. The standard InChI is InChI=1S/C12H6FNO2/c13-14-11(15)8-5-1-3-7-4-2-6-9(10(7)8)12(14)16/h1-6H. The molecule has 0 aromatic heterocycles. The van der Waals surface area contributed by atoms with Crippen LogP contribution in [-0.2, 0) is 0 Å². The van der Waals surface area contributed by atoms with Crippen molar-refractivity contribution in [1.82, 2.24) is 5.12 Å². The van der Waals surface area contributed by atoms with Crippen molar-refractivity contribution in [3.63, 3.8) is 0 Å². The molecule has 0 N–H and O–H groups in total. The van der Waals surface area contributed by atoms with E-state index < -0.39 is 11.8 Å². The molecule has 0 atom stereocenters. The lowest BCUT2D eigenvalue weighted by Crippen LogP contribution is -2.33. The van der Waals surface area contributed by atoms with Gasteiger partial charge in [-0.25, -0.2) is 0 Å². The first-order chi connectivity index (χ1) is 7.70. The minimum absolute atomic E-state index is 0.232. The van der Waals surface area contributed by atoms with Crippen molar-refractivity contribution in [2.24, 2.45) is 0 Å². The van der Waals surface area contributed by atoms with Crippen molar-refractivity contribution in [1.29, 1.82) is 0 Å². The van der Waals surface area contributed by atoms with Gasteiger partial charge >= 0.3 is 0 Å². The third-order valence-electron chi connectivity index (χ3n) is 2.72. The molecule has 3 rings (SSSR count).